The number of nitrogens with one attached hydrogen (secondary N) is 2. The summed E-state index contributed by atoms with van der Waals surface area (Å²) >= 11 is 0. The molecule has 53 heavy (non-hydrogen) atoms. The molecule has 13 nitrogen and oxygen atoms in total. The van der Waals surface area contributed by atoms with Gasteiger partial charge in [0.05, 0.1) is 24.5 Å². The van der Waals surface area contributed by atoms with E-state index in [1.807, 2.05) is 0 Å². The summed E-state index contributed by atoms with van der Waals surface area (Å²) in [5, 5.41) is 2.31. The predicted molar refractivity (Wildman–Crippen MR) is 184 cm³/mol. The van der Waals surface area contributed by atoms with E-state index in [-0.39, 0.29) is 41.2 Å². The average molecular weight is 727 g/mol. The summed E-state index contributed by atoms with van der Waals surface area (Å²) in [7, 11) is 3.56. The number of aromatic amines is 2. The third-order valence-corrected chi connectivity index (χ3v) is 8.65. The Morgan fingerprint density at radius 3 is 1.98 bits per heavy atom. The number of H-pyrrole nitrogens is 2. The summed E-state index contributed by atoms with van der Waals surface area (Å²) in [6, 6.07) is 13.0. The van der Waals surface area contributed by atoms with E-state index in [0.29, 0.717) is 71.3 Å². The fourth-order valence-corrected chi connectivity index (χ4v) is 5.82. The zero-order valence-corrected chi connectivity index (χ0v) is 28.3. The van der Waals surface area contributed by atoms with Crippen molar-refractivity contribution >= 4 is 5.82 Å². The van der Waals surface area contributed by atoms with Crippen LogP contribution in [0.2, 0.25) is 0 Å². The molecule has 17 heteroatoms. The quantitative estimate of drug-likeness (QED) is 0.224. The van der Waals surface area contributed by atoms with E-state index in [1.54, 1.807) is 76.9 Å². The average Bonchev–Trinajstić information content (AvgIpc) is 3.83. The van der Waals surface area contributed by atoms with Crippen molar-refractivity contribution in [3.8, 4) is 23.0 Å². The van der Waals surface area contributed by atoms with Crippen molar-refractivity contribution in [2.45, 2.75) is 25.8 Å². The number of nitrogens with zero attached hydrogens (tertiary/aromatic N) is 8. The fourth-order valence-electron chi connectivity index (χ4n) is 5.82. The maximum Gasteiger partial charge on any atom is 0.287 e. The first kappa shape index (κ1) is 34.8. The van der Waals surface area contributed by atoms with Crippen LogP contribution in [0.1, 0.15) is 34.1 Å². The van der Waals surface area contributed by atoms with Crippen LogP contribution in [0.25, 0.3) is 23.0 Å². The molecule has 0 radical (unpaired) electrons. The molecule has 0 spiro atoms. The van der Waals surface area contributed by atoms with Gasteiger partial charge in [0.25, 0.3) is 11.1 Å². The van der Waals surface area contributed by atoms with Crippen molar-refractivity contribution in [2.75, 3.05) is 11.4 Å². The van der Waals surface area contributed by atoms with Crippen LogP contribution >= 0.6 is 0 Å². The number of aryl methyl sites for hydroxylation is 2. The number of halogens is 4. The summed E-state index contributed by atoms with van der Waals surface area (Å²) in [5.41, 5.74) is 1.37. The molecule has 0 amide bonds. The Balaban J connectivity index is 0.000000174. The van der Waals surface area contributed by atoms with E-state index in [9.17, 15) is 27.2 Å². The molecule has 7 aromatic rings. The van der Waals surface area contributed by atoms with E-state index in [0.717, 1.165) is 12.4 Å². The highest BCUT2D eigenvalue weighted by molar-refractivity contribution is 5.54. The van der Waals surface area contributed by atoms with E-state index in [2.05, 4.69) is 35.1 Å². The molecular formula is C36H30F4N10O3. The minimum absolute atomic E-state index is 0.112. The molecule has 1 aliphatic heterocycles. The van der Waals surface area contributed by atoms with Gasteiger partial charge in [-0.15, -0.1) is 0 Å². The molecule has 1 aliphatic rings. The van der Waals surface area contributed by atoms with Gasteiger partial charge in [0.2, 0.25) is 5.82 Å². The van der Waals surface area contributed by atoms with E-state index < -0.39 is 17.2 Å². The number of imidazole rings is 2. The highest BCUT2D eigenvalue weighted by atomic mass is 19.1. The van der Waals surface area contributed by atoms with Crippen LogP contribution in [-0.4, -0.2) is 50.7 Å². The van der Waals surface area contributed by atoms with Gasteiger partial charge < -0.3 is 23.5 Å². The number of rotatable bonds is 7. The third kappa shape index (κ3) is 7.40. The molecule has 5 aromatic heterocycles. The van der Waals surface area contributed by atoms with Crippen molar-refractivity contribution < 1.29 is 22.1 Å². The molecule has 6 heterocycles. The van der Waals surface area contributed by atoms with Gasteiger partial charge in [-0.1, -0.05) is 36.4 Å². The first-order valence-corrected chi connectivity index (χ1v) is 16.3. The second-order valence-electron chi connectivity index (χ2n) is 12.2. The van der Waals surface area contributed by atoms with Crippen LogP contribution in [0.5, 0.6) is 0 Å². The van der Waals surface area contributed by atoms with Crippen LogP contribution in [-0.2, 0) is 39.9 Å². The number of anilines is 1. The Bertz CT molecular complexity index is 2560. The van der Waals surface area contributed by atoms with Crippen LogP contribution in [0, 0.1) is 23.3 Å². The molecule has 8 rings (SSSR count). The van der Waals surface area contributed by atoms with E-state index >= 15 is 0 Å². The van der Waals surface area contributed by atoms with Gasteiger partial charge in [-0.3, -0.25) is 9.59 Å². The van der Waals surface area contributed by atoms with Crippen LogP contribution in [0.3, 0.4) is 0 Å². The highest BCUT2D eigenvalue weighted by Gasteiger charge is 2.26. The molecule has 0 unspecified atom stereocenters. The zero-order valence-electron chi connectivity index (χ0n) is 28.3. The normalized spacial score (nSPS) is 12.4. The van der Waals surface area contributed by atoms with Gasteiger partial charge in [0, 0.05) is 45.9 Å². The minimum atomic E-state index is -0.953. The molecular weight excluding hydrogens is 696 g/mol. The maximum atomic E-state index is 14.5. The topological polar surface area (TPSA) is 156 Å². The Labute approximate surface area is 297 Å². The van der Waals surface area contributed by atoms with Crippen LogP contribution < -0.4 is 16.0 Å². The molecule has 0 aliphatic carbocycles. The zero-order chi connectivity index (χ0) is 37.2. The van der Waals surface area contributed by atoms with Gasteiger partial charge in [-0.2, -0.15) is 9.55 Å². The lowest BCUT2D eigenvalue weighted by atomic mass is 10.1. The number of fused-ring (bicyclic) bond motifs is 1. The van der Waals surface area contributed by atoms with Crippen LogP contribution in [0.4, 0.5) is 23.4 Å². The highest BCUT2D eigenvalue weighted by Crippen LogP contribution is 2.26. The maximum absolute atomic E-state index is 14.5. The molecule has 0 saturated carbocycles. The van der Waals surface area contributed by atoms with Gasteiger partial charge in [-0.05, 0) is 29.7 Å². The minimum Gasteiger partial charge on any atom is -0.381 e. The van der Waals surface area contributed by atoms with E-state index in [1.165, 1.54) is 12.1 Å². The standard InChI is InChI=1S/C21H18F2N6O2.C15H12F2N4O/c1-28-10-16(25-18(28)8-12-4-2-3-5-14(12)22)19-24-9-15(23)20(26-19)29-7-6-13-17(11-29)31-27-21(13)30;1-21-8-12(14-18-7-11(17)15(22)20-14)19-13(21)6-9-4-2-3-5-10(9)16/h2-5,9-10H,6-8,11H2,1H3,(H,27,30);2-5,7-8H,6H2,1H3,(H,18,20,22). The van der Waals surface area contributed by atoms with Crippen molar-refractivity contribution in [2.24, 2.45) is 14.1 Å². The SMILES string of the molecule is Cn1cc(-c2ncc(F)c(=O)[nH]2)nc1Cc1ccccc1F.Cn1cc(-c2ncc(F)c(N3CCc4c(o[nH]c4=O)C3)n2)nc1Cc1ccccc1F. The summed E-state index contributed by atoms with van der Waals surface area (Å²) < 4.78 is 63.9. The molecule has 2 N–H and O–H groups in total. The first-order valence-electron chi connectivity index (χ1n) is 16.3. The van der Waals surface area contributed by atoms with Gasteiger partial charge in [-0.25, -0.2) is 38.1 Å². The Kier molecular flexibility index (Phi) is 9.54. The number of benzene rings is 2. The monoisotopic (exact) mass is 726 g/mol. The molecule has 0 saturated heterocycles. The Morgan fingerprint density at radius 1 is 0.736 bits per heavy atom. The summed E-state index contributed by atoms with van der Waals surface area (Å²) in [6.45, 7) is 0.645. The summed E-state index contributed by atoms with van der Waals surface area (Å²) in [4.78, 5) is 48.1. The van der Waals surface area contributed by atoms with Crippen molar-refractivity contribution in [1.82, 2.24) is 44.2 Å². The molecule has 0 fully saturated rings. The van der Waals surface area contributed by atoms with Crippen molar-refractivity contribution in [3.63, 3.8) is 0 Å². The lowest BCUT2D eigenvalue weighted by Crippen LogP contribution is -2.33. The first-order chi connectivity index (χ1) is 25.5. The second kappa shape index (κ2) is 14.5. The van der Waals surface area contributed by atoms with Gasteiger partial charge in [0.15, 0.2) is 29.0 Å². The van der Waals surface area contributed by atoms with Crippen molar-refractivity contribution in [3.05, 3.63) is 151 Å². The summed E-state index contributed by atoms with van der Waals surface area (Å²) in [6.07, 6.45) is 6.35. The van der Waals surface area contributed by atoms with Crippen LogP contribution in [0.15, 0.2) is 87.4 Å². The van der Waals surface area contributed by atoms with Gasteiger partial charge in [0.1, 0.15) is 34.7 Å². The lowest BCUT2D eigenvalue weighted by Gasteiger charge is -2.26. The molecule has 2 aromatic carbocycles. The Hall–Kier alpha value is -6.65. The summed E-state index contributed by atoms with van der Waals surface area (Å²) in [5.74, 6) is 0.113. The Morgan fingerprint density at radius 2 is 1.34 bits per heavy atom. The van der Waals surface area contributed by atoms with Crippen molar-refractivity contribution in [1.29, 1.82) is 0 Å². The fraction of sp³-hybridized carbons (Fsp3) is 0.194. The van der Waals surface area contributed by atoms with Gasteiger partial charge >= 0.3 is 0 Å². The number of aromatic nitrogens is 9. The predicted octanol–water partition coefficient (Wildman–Crippen LogP) is 4.63. The third-order valence-electron chi connectivity index (χ3n) is 8.65. The number of hydrogen-bond acceptors (Lipinski definition) is 9. The molecule has 0 atom stereocenters. The second-order valence-corrected chi connectivity index (χ2v) is 12.2. The molecule has 270 valence electrons. The number of hydrogen-bond donors (Lipinski definition) is 2. The lowest BCUT2D eigenvalue weighted by molar-refractivity contribution is 0.370. The van der Waals surface area contributed by atoms with E-state index in [4.69, 9.17) is 4.52 Å². The molecule has 0 bridgehead atoms. The largest absolute Gasteiger partial charge is 0.381 e. The smallest absolute Gasteiger partial charge is 0.287 e.